The maximum atomic E-state index is 12.9. The van der Waals surface area contributed by atoms with E-state index in [1.165, 1.54) is 0 Å². The number of benzene rings is 2. The Kier molecular flexibility index (Phi) is 7.05. The van der Waals surface area contributed by atoms with Gasteiger partial charge < -0.3 is 15.4 Å². The van der Waals surface area contributed by atoms with Crippen LogP contribution in [0.5, 0.6) is 5.75 Å². The zero-order valence-corrected chi connectivity index (χ0v) is 18.6. The van der Waals surface area contributed by atoms with Gasteiger partial charge in [0.05, 0.1) is 11.2 Å². The summed E-state index contributed by atoms with van der Waals surface area (Å²) in [7, 11) is 0. The summed E-state index contributed by atoms with van der Waals surface area (Å²) in [6, 6.07) is 18.2. The van der Waals surface area contributed by atoms with E-state index in [1.807, 2.05) is 49.4 Å². The van der Waals surface area contributed by atoms with Crippen LogP contribution in [-0.4, -0.2) is 22.6 Å². The number of nitrogens with zero attached hydrogens (tertiary/aromatic N) is 3. The van der Waals surface area contributed by atoms with Gasteiger partial charge in [-0.3, -0.25) is 19.8 Å². The monoisotopic (exact) mass is 449 g/mol. The van der Waals surface area contributed by atoms with E-state index in [-0.39, 0.29) is 5.91 Å². The second kappa shape index (κ2) is 10.7. The van der Waals surface area contributed by atoms with Crippen molar-refractivity contribution < 1.29 is 9.53 Å². The summed E-state index contributed by atoms with van der Waals surface area (Å²) >= 11 is 0. The van der Waals surface area contributed by atoms with Crippen LogP contribution < -0.4 is 15.4 Å². The fourth-order valence-electron chi connectivity index (χ4n) is 3.28. The maximum absolute atomic E-state index is 12.9. The number of hydrogen-bond acceptors (Lipinski definition) is 6. The van der Waals surface area contributed by atoms with Crippen LogP contribution in [0.1, 0.15) is 17.3 Å². The highest BCUT2D eigenvalue weighted by molar-refractivity contribution is 6.05. The minimum absolute atomic E-state index is 0.232. The SMILES string of the molecule is C=N/C=C\C(=C/C)Oc1cccc(NC(=O)c2cccc(Nc3ccnc4ccncc34)c2)c1. The molecule has 0 fully saturated rings. The first kappa shape index (κ1) is 22.4. The van der Waals surface area contributed by atoms with Gasteiger partial charge in [-0.2, -0.15) is 0 Å². The lowest BCUT2D eigenvalue weighted by molar-refractivity contribution is 0.102. The average molecular weight is 450 g/mol. The van der Waals surface area contributed by atoms with Gasteiger partial charge >= 0.3 is 0 Å². The molecule has 7 nitrogen and oxygen atoms in total. The second-order valence-electron chi connectivity index (χ2n) is 7.23. The van der Waals surface area contributed by atoms with Crippen LogP contribution >= 0.6 is 0 Å². The van der Waals surface area contributed by atoms with Crippen molar-refractivity contribution in [3.05, 3.63) is 109 Å². The Morgan fingerprint density at radius 2 is 1.91 bits per heavy atom. The number of carbonyl (C=O) groups is 1. The highest BCUT2D eigenvalue weighted by Crippen LogP contribution is 2.25. The summed E-state index contributed by atoms with van der Waals surface area (Å²) in [6.45, 7) is 5.28. The molecule has 0 saturated heterocycles. The molecule has 0 spiro atoms. The van der Waals surface area contributed by atoms with E-state index in [0.29, 0.717) is 22.8 Å². The van der Waals surface area contributed by atoms with Gasteiger partial charge in [-0.25, -0.2) is 0 Å². The van der Waals surface area contributed by atoms with Crippen molar-refractivity contribution in [2.45, 2.75) is 6.92 Å². The number of nitrogens with one attached hydrogen (secondary N) is 2. The van der Waals surface area contributed by atoms with E-state index in [4.69, 9.17) is 4.74 Å². The van der Waals surface area contributed by atoms with Crippen LogP contribution in [0.2, 0.25) is 0 Å². The number of aromatic nitrogens is 2. The molecule has 168 valence electrons. The predicted molar refractivity (Wildman–Crippen MR) is 137 cm³/mol. The molecule has 0 bridgehead atoms. The summed E-state index contributed by atoms with van der Waals surface area (Å²) in [5.74, 6) is 0.978. The van der Waals surface area contributed by atoms with Crippen molar-refractivity contribution >= 4 is 40.6 Å². The maximum Gasteiger partial charge on any atom is 0.255 e. The Labute approximate surface area is 197 Å². The number of carbonyl (C=O) groups excluding carboxylic acids is 1. The number of aliphatic imine (C=N–C) groups is 1. The third-order valence-electron chi connectivity index (χ3n) is 4.90. The molecule has 2 aromatic heterocycles. The minimum atomic E-state index is -0.232. The first-order chi connectivity index (χ1) is 16.7. The number of amides is 1. The summed E-state index contributed by atoms with van der Waals surface area (Å²) in [5, 5.41) is 7.18. The number of anilines is 3. The Balaban J connectivity index is 1.49. The highest BCUT2D eigenvalue weighted by Gasteiger charge is 2.09. The Bertz CT molecular complexity index is 1390. The molecular weight excluding hydrogens is 426 g/mol. The number of allylic oxidation sites excluding steroid dienone is 2. The molecule has 0 radical (unpaired) electrons. The van der Waals surface area contributed by atoms with Crippen molar-refractivity contribution in [3.8, 4) is 5.75 Å². The molecule has 2 N–H and O–H groups in total. The van der Waals surface area contributed by atoms with Crippen LogP contribution in [0, 0.1) is 0 Å². The zero-order valence-electron chi connectivity index (χ0n) is 18.6. The standard InChI is InChI=1S/C27H23N5O2/c1-3-22(10-13-28-2)34-23-9-5-8-21(17-23)32-27(33)19-6-4-7-20(16-19)31-26-12-15-30-25-11-14-29-18-24(25)26/h3-18H,2H2,1H3,(H,30,31)(H,32,33)/b13-10-,22-3+. The smallest absolute Gasteiger partial charge is 0.255 e. The van der Waals surface area contributed by atoms with Crippen molar-refractivity contribution in [2.24, 2.45) is 4.99 Å². The van der Waals surface area contributed by atoms with Gasteiger partial charge in [0.15, 0.2) is 0 Å². The third kappa shape index (κ3) is 5.52. The fourth-order valence-corrected chi connectivity index (χ4v) is 3.28. The van der Waals surface area contributed by atoms with Gasteiger partial charge in [0.25, 0.3) is 5.91 Å². The highest BCUT2D eigenvalue weighted by atomic mass is 16.5. The van der Waals surface area contributed by atoms with Crippen LogP contribution in [0.4, 0.5) is 17.1 Å². The second-order valence-corrected chi connectivity index (χ2v) is 7.23. The average Bonchev–Trinajstić information content (AvgIpc) is 2.87. The van der Waals surface area contributed by atoms with E-state index in [9.17, 15) is 4.79 Å². The van der Waals surface area contributed by atoms with Crippen molar-refractivity contribution in [3.63, 3.8) is 0 Å². The van der Waals surface area contributed by atoms with Gasteiger partial charge in [0.1, 0.15) is 11.5 Å². The van der Waals surface area contributed by atoms with E-state index in [1.54, 1.807) is 55.1 Å². The van der Waals surface area contributed by atoms with Crippen LogP contribution in [0.3, 0.4) is 0 Å². The molecule has 0 saturated carbocycles. The third-order valence-corrected chi connectivity index (χ3v) is 4.90. The minimum Gasteiger partial charge on any atom is -0.458 e. The molecule has 1 amide bonds. The van der Waals surface area contributed by atoms with E-state index >= 15 is 0 Å². The molecule has 2 aromatic carbocycles. The van der Waals surface area contributed by atoms with E-state index in [0.717, 1.165) is 22.3 Å². The normalized spacial score (nSPS) is 11.4. The Morgan fingerprint density at radius 3 is 2.76 bits per heavy atom. The molecule has 34 heavy (non-hydrogen) atoms. The quantitative estimate of drug-likeness (QED) is 0.192. The largest absolute Gasteiger partial charge is 0.458 e. The number of pyridine rings is 2. The molecule has 0 aliphatic heterocycles. The van der Waals surface area contributed by atoms with Crippen molar-refractivity contribution in [1.29, 1.82) is 0 Å². The first-order valence-corrected chi connectivity index (χ1v) is 10.6. The molecule has 4 aromatic rings. The molecule has 4 rings (SSSR count). The molecule has 7 heteroatoms. The van der Waals surface area contributed by atoms with Crippen LogP contribution in [0.25, 0.3) is 10.9 Å². The Morgan fingerprint density at radius 1 is 1.06 bits per heavy atom. The molecule has 0 aliphatic rings. The van der Waals surface area contributed by atoms with Crippen molar-refractivity contribution in [1.82, 2.24) is 9.97 Å². The summed E-state index contributed by atoms with van der Waals surface area (Å²) in [4.78, 5) is 25.1. The van der Waals surface area contributed by atoms with Gasteiger partial charge in [-0.1, -0.05) is 12.1 Å². The topological polar surface area (TPSA) is 88.5 Å². The zero-order chi connectivity index (χ0) is 23.8. The lowest BCUT2D eigenvalue weighted by Crippen LogP contribution is -2.12. The van der Waals surface area contributed by atoms with Crippen LogP contribution in [0.15, 0.2) is 108 Å². The lowest BCUT2D eigenvalue weighted by atomic mass is 10.1. The molecule has 0 unspecified atom stereocenters. The number of hydrogen-bond donors (Lipinski definition) is 2. The Hall–Kier alpha value is -4.78. The van der Waals surface area contributed by atoms with E-state index in [2.05, 4.69) is 32.3 Å². The molecule has 2 heterocycles. The predicted octanol–water partition coefficient (Wildman–Crippen LogP) is 6.12. The number of rotatable bonds is 8. The molecule has 0 atom stereocenters. The summed E-state index contributed by atoms with van der Waals surface area (Å²) in [6.07, 6.45) is 10.3. The lowest BCUT2D eigenvalue weighted by Gasteiger charge is -2.12. The molecular formula is C27H23N5O2. The van der Waals surface area contributed by atoms with Gasteiger partial charge in [-0.15, -0.1) is 0 Å². The molecule has 0 aliphatic carbocycles. The fraction of sp³-hybridized carbons (Fsp3) is 0.0370. The van der Waals surface area contributed by atoms with Gasteiger partial charge in [0, 0.05) is 53.2 Å². The first-order valence-electron chi connectivity index (χ1n) is 10.6. The van der Waals surface area contributed by atoms with E-state index < -0.39 is 0 Å². The number of fused-ring (bicyclic) bond motifs is 1. The van der Waals surface area contributed by atoms with Gasteiger partial charge in [-0.05, 0) is 68.3 Å². The van der Waals surface area contributed by atoms with Crippen molar-refractivity contribution in [2.75, 3.05) is 10.6 Å². The summed E-state index contributed by atoms with van der Waals surface area (Å²) in [5.41, 5.74) is 3.62. The van der Waals surface area contributed by atoms with Gasteiger partial charge in [0.2, 0.25) is 0 Å². The van der Waals surface area contributed by atoms with Crippen LogP contribution in [-0.2, 0) is 0 Å². The summed E-state index contributed by atoms with van der Waals surface area (Å²) < 4.78 is 5.83. The number of ether oxygens (including phenoxy) is 1.